The van der Waals surface area contributed by atoms with Gasteiger partial charge in [-0.15, -0.1) is 0 Å². The lowest BCUT2D eigenvalue weighted by molar-refractivity contribution is -0.278. The average molecular weight is 540 g/mol. The van der Waals surface area contributed by atoms with Gasteiger partial charge >= 0.3 is 17.9 Å². The number of phenolic OH excluding ortho intramolecular Hbond substituents is 1. The highest BCUT2D eigenvalue weighted by atomic mass is 16.7. The number of aromatic hydroxyl groups is 1. The maximum atomic E-state index is 12.5. The SMILES string of the molecule is O=C(O)CC(=O)OC[C@H]1O[C@@H](Oc2c(O)cc3c4c(ccc(-c5ccccc5)c24)C(=O)OC3)[C@H](O)[C@@H](O)[C@@H]1O. The van der Waals surface area contributed by atoms with Crippen molar-refractivity contribution >= 4 is 28.7 Å². The van der Waals surface area contributed by atoms with Crippen molar-refractivity contribution in [1.29, 1.82) is 0 Å². The van der Waals surface area contributed by atoms with Gasteiger partial charge in [-0.1, -0.05) is 36.4 Å². The molecule has 0 saturated carbocycles. The molecule has 2 heterocycles. The predicted molar refractivity (Wildman–Crippen MR) is 131 cm³/mol. The molecule has 0 radical (unpaired) electrons. The Morgan fingerprint density at radius 1 is 0.949 bits per heavy atom. The number of carboxylic acids is 1. The highest BCUT2D eigenvalue weighted by molar-refractivity contribution is 6.14. The summed E-state index contributed by atoms with van der Waals surface area (Å²) in [5.41, 5.74) is 2.07. The Labute approximate surface area is 220 Å². The summed E-state index contributed by atoms with van der Waals surface area (Å²) in [5, 5.41) is 51.9. The van der Waals surface area contributed by atoms with E-state index < -0.39 is 61.6 Å². The molecule has 0 spiro atoms. The number of ether oxygens (including phenoxy) is 4. The minimum Gasteiger partial charge on any atom is -0.504 e. The molecule has 1 saturated heterocycles. The molecule has 0 aliphatic carbocycles. The molecule has 3 aromatic carbocycles. The first-order chi connectivity index (χ1) is 18.7. The first-order valence-corrected chi connectivity index (χ1v) is 11.9. The molecule has 5 atom stereocenters. The highest BCUT2D eigenvalue weighted by Gasteiger charge is 2.46. The molecule has 2 aliphatic heterocycles. The van der Waals surface area contributed by atoms with E-state index >= 15 is 0 Å². The standard InChI is InChI=1S/C27H24O12/c28-16-8-13-10-37-26(35)15-7-6-14(12-4-2-1-3-5-12)21(20(13)15)25(16)39-27-24(34)23(33)22(32)17(38-27)11-36-19(31)9-18(29)30/h1-8,17,22-24,27-28,32-34H,9-11H2,(H,29,30)/t17-,22-,23+,24-,27+/m1/s1. The molecule has 39 heavy (non-hydrogen) atoms. The Morgan fingerprint density at radius 3 is 2.38 bits per heavy atom. The second-order valence-corrected chi connectivity index (χ2v) is 9.12. The molecule has 0 amide bonds. The largest absolute Gasteiger partial charge is 0.504 e. The molecule has 12 nitrogen and oxygen atoms in total. The molecular weight excluding hydrogens is 516 g/mol. The molecule has 204 valence electrons. The van der Waals surface area contributed by atoms with Gasteiger partial charge in [0.2, 0.25) is 6.29 Å². The minimum atomic E-state index is -1.81. The van der Waals surface area contributed by atoms with E-state index in [0.29, 0.717) is 21.9 Å². The van der Waals surface area contributed by atoms with Crippen LogP contribution in [0.2, 0.25) is 0 Å². The number of aliphatic carboxylic acids is 1. The molecule has 2 aliphatic rings. The van der Waals surface area contributed by atoms with Gasteiger partial charge in [-0.05, 0) is 23.3 Å². The maximum Gasteiger partial charge on any atom is 0.339 e. The zero-order chi connectivity index (χ0) is 27.8. The summed E-state index contributed by atoms with van der Waals surface area (Å²) in [6.45, 7) is -0.737. The van der Waals surface area contributed by atoms with Gasteiger partial charge in [0.15, 0.2) is 11.5 Å². The Kier molecular flexibility index (Phi) is 7.10. The van der Waals surface area contributed by atoms with Crippen molar-refractivity contribution < 1.29 is 58.9 Å². The van der Waals surface area contributed by atoms with Gasteiger partial charge in [0, 0.05) is 16.3 Å². The van der Waals surface area contributed by atoms with Gasteiger partial charge in [-0.3, -0.25) is 9.59 Å². The minimum absolute atomic E-state index is 0.0916. The molecule has 0 bridgehead atoms. The van der Waals surface area contributed by atoms with Crippen LogP contribution in [0.4, 0.5) is 0 Å². The lowest BCUT2D eigenvalue weighted by atomic mass is 9.90. The number of carbonyl (C=O) groups excluding carboxylic acids is 2. The zero-order valence-corrected chi connectivity index (χ0v) is 20.2. The summed E-state index contributed by atoms with van der Waals surface area (Å²) in [6.07, 6.45) is -9.32. The van der Waals surface area contributed by atoms with Gasteiger partial charge < -0.3 is 44.5 Å². The lowest BCUT2D eigenvalue weighted by Gasteiger charge is -2.40. The molecule has 0 unspecified atom stereocenters. The van der Waals surface area contributed by atoms with E-state index in [-0.39, 0.29) is 23.7 Å². The van der Waals surface area contributed by atoms with Crippen LogP contribution in [-0.2, 0) is 30.4 Å². The fraction of sp³-hybridized carbons (Fsp3) is 0.296. The number of hydrogen-bond donors (Lipinski definition) is 5. The van der Waals surface area contributed by atoms with Crippen LogP contribution in [0.3, 0.4) is 0 Å². The fourth-order valence-corrected chi connectivity index (χ4v) is 4.70. The third-order valence-corrected chi connectivity index (χ3v) is 6.57. The van der Waals surface area contributed by atoms with Crippen LogP contribution in [0.1, 0.15) is 22.3 Å². The molecule has 3 aromatic rings. The number of carboxylic acid groups (broad SMARTS) is 1. The molecule has 12 heteroatoms. The number of carbonyl (C=O) groups is 3. The maximum absolute atomic E-state index is 12.5. The van der Waals surface area contributed by atoms with Crippen LogP contribution in [0, 0.1) is 0 Å². The van der Waals surface area contributed by atoms with E-state index in [1.165, 1.54) is 6.07 Å². The van der Waals surface area contributed by atoms with Crippen LogP contribution in [0.15, 0.2) is 48.5 Å². The summed E-state index contributed by atoms with van der Waals surface area (Å²) in [7, 11) is 0. The Balaban J connectivity index is 1.55. The summed E-state index contributed by atoms with van der Waals surface area (Å²) in [4.78, 5) is 34.9. The van der Waals surface area contributed by atoms with Crippen LogP contribution >= 0.6 is 0 Å². The van der Waals surface area contributed by atoms with Crippen molar-refractivity contribution in [3.05, 3.63) is 59.7 Å². The average Bonchev–Trinajstić information content (AvgIpc) is 2.91. The van der Waals surface area contributed by atoms with E-state index in [2.05, 4.69) is 0 Å². The summed E-state index contributed by atoms with van der Waals surface area (Å²) in [6, 6.07) is 13.7. The quantitative estimate of drug-likeness (QED) is 0.212. The number of benzene rings is 3. The van der Waals surface area contributed by atoms with E-state index in [0.717, 1.165) is 5.56 Å². The third kappa shape index (κ3) is 4.98. The number of cyclic esters (lactones) is 1. The summed E-state index contributed by atoms with van der Waals surface area (Å²) >= 11 is 0. The number of rotatable bonds is 7. The van der Waals surface area contributed by atoms with Crippen LogP contribution in [-0.4, -0.2) is 80.8 Å². The van der Waals surface area contributed by atoms with Gasteiger partial charge in [0.25, 0.3) is 0 Å². The fourth-order valence-electron chi connectivity index (χ4n) is 4.70. The second kappa shape index (κ2) is 10.5. The van der Waals surface area contributed by atoms with Crippen molar-refractivity contribution in [2.75, 3.05) is 6.61 Å². The Morgan fingerprint density at radius 2 is 1.67 bits per heavy atom. The smallest absolute Gasteiger partial charge is 0.339 e. The van der Waals surface area contributed by atoms with Crippen molar-refractivity contribution in [3.63, 3.8) is 0 Å². The van der Waals surface area contributed by atoms with Crippen molar-refractivity contribution in [1.82, 2.24) is 0 Å². The Hall–Kier alpha value is -4.23. The van der Waals surface area contributed by atoms with Crippen molar-refractivity contribution in [3.8, 4) is 22.6 Å². The van der Waals surface area contributed by atoms with Crippen LogP contribution in [0.25, 0.3) is 21.9 Å². The molecular formula is C27H24O12. The highest BCUT2D eigenvalue weighted by Crippen LogP contribution is 2.46. The molecule has 1 fully saturated rings. The third-order valence-electron chi connectivity index (χ3n) is 6.57. The number of aliphatic hydroxyl groups excluding tert-OH is 3. The first-order valence-electron chi connectivity index (χ1n) is 11.9. The van der Waals surface area contributed by atoms with Gasteiger partial charge in [0.05, 0.1) is 5.56 Å². The van der Waals surface area contributed by atoms with Gasteiger partial charge in [-0.25, -0.2) is 4.79 Å². The van der Waals surface area contributed by atoms with Crippen LogP contribution in [0.5, 0.6) is 11.5 Å². The van der Waals surface area contributed by atoms with Crippen molar-refractivity contribution in [2.24, 2.45) is 0 Å². The van der Waals surface area contributed by atoms with E-state index in [4.69, 9.17) is 24.1 Å². The van der Waals surface area contributed by atoms with Crippen molar-refractivity contribution in [2.45, 2.75) is 43.7 Å². The second-order valence-electron chi connectivity index (χ2n) is 9.12. The van der Waals surface area contributed by atoms with Gasteiger partial charge in [0.1, 0.15) is 44.1 Å². The lowest BCUT2D eigenvalue weighted by Crippen LogP contribution is -2.60. The zero-order valence-electron chi connectivity index (χ0n) is 20.2. The van der Waals surface area contributed by atoms with Gasteiger partial charge in [-0.2, -0.15) is 0 Å². The first kappa shape index (κ1) is 26.4. The molecule has 5 N–H and O–H groups in total. The summed E-state index contributed by atoms with van der Waals surface area (Å²) < 4.78 is 21.6. The Bertz CT molecular complexity index is 1440. The monoisotopic (exact) mass is 540 g/mol. The van der Waals surface area contributed by atoms with E-state index in [1.54, 1.807) is 24.3 Å². The normalized spacial score (nSPS) is 24.2. The molecule has 0 aromatic heterocycles. The number of hydrogen-bond acceptors (Lipinski definition) is 11. The summed E-state index contributed by atoms with van der Waals surface area (Å²) in [5.74, 6) is -3.63. The molecule has 5 rings (SSSR count). The number of esters is 2. The van der Waals surface area contributed by atoms with Crippen LogP contribution < -0.4 is 4.74 Å². The predicted octanol–water partition coefficient (Wildman–Crippen LogP) is 1.09. The van der Waals surface area contributed by atoms with E-state index in [9.17, 15) is 34.8 Å². The topological polar surface area (TPSA) is 189 Å². The number of aliphatic hydroxyl groups is 3. The number of phenols is 1. The van der Waals surface area contributed by atoms with E-state index in [1.807, 2.05) is 18.2 Å².